The first kappa shape index (κ1) is 68.5. The zero-order valence-electron chi connectivity index (χ0n) is 47.9. The van der Waals surface area contributed by atoms with E-state index >= 15 is 0 Å². The fourth-order valence-corrected chi connectivity index (χ4v) is 10.4. The van der Waals surface area contributed by atoms with Gasteiger partial charge in [-0.05, 0) is 133 Å². The third-order valence-electron chi connectivity index (χ3n) is 13.8. The second-order valence-electron chi connectivity index (χ2n) is 20.8. The second-order valence-corrected chi connectivity index (χ2v) is 20.8. The van der Waals surface area contributed by atoms with Crippen molar-refractivity contribution in [2.75, 3.05) is 10.6 Å². The number of carboxylic acids is 2. The molecule has 0 saturated carbocycles. The molecule has 6 N–H and O–H groups in total. The molecule has 0 saturated heterocycles. The molecule has 0 aliphatic heterocycles. The van der Waals surface area contributed by atoms with E-state index in [1.807, 2.05) is 134 Å². The Kier molecular flexibility index (Phi) is 26.8. The van der Waals surface area contributed by atoms with Crippen LogP contribution >= 0.6 is 0 Å². The maximum Gasteiger partial charge on any atom is 2.00 e. The number of aliphatic hydroxyl groups excluding tert-OH is 4. The summed E-state index contributed by atoms with van der Waals surface area (Å²) in [5.74, 6) is -4.41. The number of aliphatic carboxylic acids is 2. The molecule has 6 aromatic carbocycles. The molecular formula is C66H68CaF2N4NaO10. The molecule has 0 aliphatic rings. The van der Waals surface area contributed by atoms with E-state index < -0.39 is 60.8 Å². The molecule has 0 bridgehead atoms. The molecule has 0 spiro atoms. The van der Waals surface area contributed by atoms with E-state index in [4.69, 9.17) is 0 Å². The van der Waals surface area contributed by atoms with Gasteiger partial charge in [0, 0.05) is 101 Å². The number of rotatable bonds is 24. The van der Waals surface area contributed by atoms with E-state index in [2.05, 4.69) is 10.6 Å². The van der Waals surface area contributed by atoms with Gasteiger partial charge in [-0.15, -0.1) is 0 Å². The number of hydrogen-bond donors (Lipinski definition) is 6. The van der Waals surface area contributed by atoms with Gasteiger partial charge in [0.2, 0.25) is 0 Å². The normalized spacial score (nSPS) is 12.4. The Hall–Kier alpha value is -6.28. The number of carbonyl (C=O) groups is 4. The van der Waals surface area contributed by atoms with E-state index in [9.17, 15) is 58.6 Å². The van der Waals surface area contributed by atoms with Crippen molar-refractivity contribution in [3.63, 3.8) is 0 Å². The molecule has 4 atom stereocenters. The van der Waals surface area contributed by atoms with Crippen molar-refractivity contribution in [1.82, 2.24) is 9.13 Å². The van der Waals surface area contributed by atoms with Gasteiger partial charge in [-0.1, -0.05) is 125 Å². The number of nitrogens with zero attached hydrogens (tertiary/aromatic N) is 2. The van der Waals surface area contributed by atoms with Crippen LogP contribution in [0.1, 0.15) is 110 Å². The molecule has 0 aliphatic carbocycles. The summed E-state index contributed by atoms with van der Waals surface area (Å²) in [6.07, 6.45) is -5.54. The van der Waals surface area contributed by atoms with E-state index in [1.165, 1.54) is 24.3 Å². The van der Waals surface area contributed by atoms with Crippen molar-refractivity contribution in [2.45, 2.75) is 116 Å². The van der Waals surface area contributed by atoms with Crippen LogP contribution in [0.15, 0.2) is 170 Å². The molecule has 429 valence electrons. The fraction of sp³-hybridized carbons (Fsp3) is 0.273. The topological polar surface area (TPSA) is 229 Å². The van der Waals surface area contributed by atoms with E-state index in [-0.39, 0.29) is 130 Å². The monoisotopic (exact) mass is 1180 g/mol. The first-order chi connectivity index (χ1) is 39.3. The van der Waals surface area contributed by atoms with Crippen molar-refractivity contribution < 1.29 is 58.6 Å². The van der Waals surface area contributed by atoms with Crippen LogP contribution in [-0.4, -0.2) is 145 Å². The van der Waals surface area contributed by atoms with Gasteiger partial charge in [0.1, 0.15) is 11.6 Å². The average Bonchev–Trinajstić information content (AvgIpc) is 2.49. The van der Waals surface area contributed by atoms with Gasteiger partial charge in [-0.3, -0.25) is 9.59 Å². The molecule has 84 heavy (non-hydrogen) atoms. The van der Waals surface area contributed by atoms with Crippen molar-refractivity contribution in [2.24, 2.45) is 0 Å². The average molecular weight is 1180 g/mol. The number of aromatic nitrogens is 2. The van der Waals surface area contributed by atoms with Crippen LogP contribution in [-0.2, 0) is 22.7 Å². The fourth-order valence-electron chi connectivity index (χ4n) is 10.4. The standard InChI is InChI=1S/2C33H35FN2O5.Ca.Na/c2*1-21(2)31-30(33(41)35-25-11-7-4-8-12-25)29(22-9-5-3-6-10-22)32(23-13-15-24(34)16-14-23)36(31)18-17-26(37)19-27(38)20-28(39)40;;/h2*3-16,21,26-27,37-38H,17-20H2,1-2H3,(H,35,41)(H,39,40);;/q;;+2;/p-2. The van der Waals surface area contributed by atoms with Gasteiger partial charge in [0.25, 0.3) is 11.8 Å². The minimum atomic E-state index is -1.39. The van der Waals surface area contributed by atoms with Crippen LogP contribution in [0.25, 0.3) is 44.8 Å². The third kappa shape index (κ3) is 18.4. The number of carboxylic acid groups (broad SMARTS) is 2. The summed E-state index contributed by atoms with van der Waals surface area (Å²) >= 11 is 0. The Morgan fingerprint density at radius 1 is 0.452 bits per heavy atom. The van der Waals surface area contributed by atoms with Crippen LogP contribution in [0, 0.1) is 11.6 Å². The Labute approximate surface area is 540 Å². The van der Waals surface area contributed by atoms with Crippen molar-refractivity contribution >= 4 is 102 Å². The van der Waals surface area contributed by atoms with Crippen LogP contribution in [0.3, 0.4) is 0 Å². The maximum absolute atomic E-state index is 14.0. The molecule has 8 aromatic rings. The van der Waals surface area contributed by atoms with E-state index in [0.717, 1.165) is 22.5 Å². The van der Waals surface area contributed by atoms with Crippen molar-refractivity contribution in [1.29, 1.82) is 0 Å². The van der Waals surface area contributed by atoms with Gasteiger partial charge in [-0.25, -0.2) is 8.78 Å². The number of amides is 2. The molecule has 14 nitrogen and oxygen atoms in total. The van der Waals surface area contributed by atoms with Crippen molar-refractivity contribution in [3.05, 3.63) is 204 Å². The second kappa shape index (κ2) is 32.8. The molecule has 0 fully saturated rings. The number of carbonyl (C=O) groups excluding carboxylic acids is 4. The Morgan fingerprint density at radius 2 is 0.750 bits per heavy atom. The molecule has 1 radical (unpaired) electrons. The number of hydrogen-bond acceptors (Lipinski definition) is 10. The number of para-hydroxylation sites is 2. The summed E-state index contributed by atoms with van der Waals surface area (Å²) < 4.78 is 32.0. The summed E-state index contributed by atoms with van der Waals surface area (Å²) in [5.41, 5.74) is 9.43. The SMILES string of the molecule is CC(C)c1c(C(=O)Nc2ccccc2)c(-c2ccccc2)c(-c2ccc(F)cc2)n1CCC(O)CC(O)CC(=O)[O-].CC(C)c1c(C(=O)Nc2ccccc2)c(-c2ccccc2)c(-c2ccc(F)cc2)n1CCC(O)CC(O)CC(=O)[O-].[Ca+2].[Na]. The maximum atomic E-state index is 14.0. The van der Waals surface area contributed by atoms with Gasteiger partial charge in [0.15, 0.2) is 0 Å². The van der Waals surface area contributed by atoms with Crippen LogP contribution in [0.5, 0.6) is 0 Å². The Morgan fingerprint density at radius 3 is 1.04 bits per heavy atom. The van der Waals surface area contributed by atoms with Gasteiger partial charge >= 0.3 is 37.7 Å². The summed E-state index contributed by atoms with van der Waals surface area (Å²) in [6.45, 7) is 8.45. The molecule has 2 amide bonds. The molecule has 2 heterocycles. The van der Waals surface area contributed by atoms with Crippen LogP contribution < -0.4 is 20.8 Å². The number of anilines is 2. The smallest absolute Gasteiger partial charge is 0.550 e. The summed E-state index contributed by atoms with van der Waals surface area (Å²) in [4.78, 5) is 49.8. The van der Waals surface area contributed by atoms with E-state index in [1.54, 1.807) is 48.5 Å². The van der Waals surface area contributed by atoms with E-state index in [0.29, 0.717) is 56.1 Å². The predicted octanol–water partition coefficient (Wildman–Crippen LogP) is 9.20. The Bertz CT molecular complexity index is 3180. The summed E-state index contributed by atoms with van der Waals surface area (Å²) in [7, 11) is 0. The zero-order valence-corrected chi connectivity index (χ0v) is 52.1. The zero-order chi connectivity index (χ0) is 59.0. The number of benzene rings is 6. The first-order valence-electron chi connectivity index (χ1n) is 27.3. The van der Waals surface area contributed by atoms with Gasteiger partial charge in [0.05, 0.1) is 46.9 Å². The van der Waals surface area contributed by atoms with Gasteiger partial charge in [-0.2, -0.15) is 0 Å². The molecular weight excluding hydrogens is 1110 g/mol. The molecule has 4 unspecified atom stereocenters. The quantitative estimate of drug-likeness (QED) is 0.0314. The minimum Gasteiger partial charge on any atom is -0.550 e. The largest absolute Gasteiger partial charge is 2.00 e. The van der Waals surface area contributed by atoms with Crippen molar-refractivity contribution in [3.8, 4) is 44.8 Å². The Balaban J connectivity index is 0.000000300. The molecule has 8 rings (SSSR count). The van der Waals surface area contributed by atoms with Crippen LogP contribution in [0.4, 0.5) is 20.2 Å². The summed E-state index contributed by atoms with van der Waals surface area (Å²) in [5, 5.41) is 69.2. The number of halogens is 2. The van der Waals surface area contributed by atoms with Gasteiger partial charge < -0.3 is 60.0 Å². The minimum absolute atomic E-state index is 0. The number of aliphatic hydroxyl groups is 4. The first-order valence-corrected chi connectivity index (χ1v) is 27.3. The molecule has 18 heteroatoms. The summed E-state index contributed by atoms with van der Waals surface area (Å²) in [6, 6.07) is 49.4. The number of nitrogens with one attached hydrogen (secondary N) is 2. The third-order valence-corrected chi connectivity index (χ3v) is 13.8. The predicted molar refractivity (Wildman–Crippen MR) is 321 cm³/mol. The van der Waals surface area contributed by atoms with Crippen LogP contribution in [0.2, 0.25) is 0 Å². The molecule has 2 aromatic heterocycles.